The molecule has 0 radical (unpaired) electrons. The van der Waals surface area contributed by atoms with Crippen LogP contribution in [0.15, 0.2) is 11.4 Å². The van der Waals surface area contributed by atoms with E-state index in [4.69, 9.17) is 0 Å². The van der Waals surface area contributed by atoms with Crippen molar-refractivity contribution in [2.45, 2.75) is 18.9 Å². The highest BCUT2D eigenvalue weighted by molar-refractivity contribution is 14.1. The highest BCUT2D eigenvalue weighted by Crippen LogP contribution is 2.18. The first-order valence-electron chi connectivity index (χ1n) is 5.39. The van der Waals surface area contributed by atoms with Crippen LogP contribution in [0.4, 0.5) is 0 Å². The zero-order valence-electron chi connectivity index (χ0n) is 9.20. The van der Waals surface area contributed by atoms with Gasteiger partial charge in [0.2, 0.25) is 0 Å². The van der Waals surface area contributed by atoms with Gasteiger partial charge in [-0.3, -0.25) is 4.79 Å². The second kappa shape index (κ2) is 5.46. The molecule has 0 saturated carbocycles. The summed E-state index contributed by atoms with van der Waals surface area (Å²) in [4.78, 5) is 13.9. The number of hydrogen-bond acceptors (Lipinski definition) is 3. The third-order valence-corrected chi connectivity index (χ3v) is 4.61. The van der Waals surface area contributed by atoms with Crippen LogP contribution >= 0.6 is 33.9 Å². The summed E-state index contributed by atoms with van der Waals surface area (Å²) in [5.74, 6) is 0.132. The molecule has 1 fully saturated rings. The molecule has 2 heterocycles. The van der Waals surface area contributed by atoms with Crippen LogP contribution in [0.1, 0.15) is 23.2 Å². The Hall–Kier alpha value is -0.140. The van der Waals surface area contributed by atoms with Gasteiger partial charge in [-0.25, -0.2) is 0 Å². The Morgan fingerprint density at radius 1 is 1.75 bits per heavy atom. The Balaban J connectivity index is 1.93. The molecule has 88 valence electrons. The quantitative estimate of drug-likeness (QED) is 0.848. The number of rotatable bonds is 3. The monoisotopic (exact) mass is 350 g/mol. The lowest BCUT2D eigenvalue weighted by molar-refractivity contribution is 0.0784. The molecule has 1 saturated heterocycles. The number of halogens is 1. The normalized spacial score (nSPS) is 20.0. The predicted octanol–water partition coefficient (Wildman–Crippen LogP) is 2.18. The van der Waals surface area contributed by atoms with Crippen molar-refractivity contribution in [2.75, 3.05) is 20.1 Å². The molecule has 0 aromatic carbocycles. The summed E-state index contributed by atoms with van der Waals surface area (Å²) < 4.78 is 1.16. The van der Waals surface area contributed by atoms with E-state index in [2.05, 4.69) is 27.9 Å². The van der Waals surface area contributed by atoms with Crippen LogP contribution in [0.3, 0.4) is 0 Å². The minimum atomic E-state index is 0.132. The van der Waals surface area contributed by atoms with Crippen LogP contribution in [0.2, 0.25) is 0 Å². The summed E-state index contributed by atoms with van der Waals surface area (Å²) in [5.41, 5.74) is 0.815. The number of likely N-dealkylation sites (N-methyl/N-ethyl adjacent to an activating group) is 1. The van der Waals surface area contributed by atoms with Crippen LogP contribution in [-0.2, 0) is 0 Å². The van der Waals surface area contributed by atoms with Crippen molar-refractivity contribution in [3.63, 3.8) is 0 Å². The molecule has 0 aliphatic carbocycles. The summed E-state index contributed by atoms with van der Waals surface area (Å²) in [6.45, 7) is 1.90. The Labute approximate surface area is 113 Å². The predicted molar refractivity (Wildman–Crippen MR) is 75.0 cm³/mol. The van der Waals surface area contributed by atoms with Crippen LogP contribution in [-0.4, -0.2) is 37.0 Å². The number of thiophene rings is 1. The van der Waals surface area contributed by atoms with Crippen molar-refractivity contribution in [1.29, 1.82) is 0 Å². The van der Waals surface area contributed by atoms with Gasteiger partial charge in [0.15, 0.2) is 0 Å². The topological polar surface area (TPSA) is 32.3 Å². The third kappa shape index (κ3) is 2.95. The molecule has 1 N–H and O–H groups in total. The molecule has 0 spiro atoms. The van der Waals surface area contributed by atoms with Gasteiger partial charge in [0.05, 0.1) is 8.45 Å². The van der Waals surface area contributed by atoms with Crippen LogP contribution in [0, 0.1) is 2.88 Å². The number of nitrogens with one attached hydrogen (secondary N) is 1. The number of carbonyl (C=O) groups excluding carboxylic acids is 1. The van der Waals surface area contributed by atoms with E-state index in [1.54, 1.807) is 11.3 Å². The molecule has 16 heavy (non-hydrogen) atoms. The van der Waals surface area contributed by atoms with Gasteiger partial charge in [0.25, 0.3) is 5.91 Å². The second-order valence-corrected chi connectivity index (χ2v) is 6.92. The Morgan fingerprint density at radius 3 is 3.12 bits per heavy atom. The summed E-state index contributed by atoms with van der Waals surface area (Å²) >= 11 is 3.86. The number of hydrogen-bond donors (Lipinski definition) is 1. The van der Waals surface area contributed by atoms with E-state index in [0.29, 0.717) is 6.04 Å². The molecule has 5 heteroatoms. The fourth-order valence-electron chi connectivity index (χ4n) is 1.97. The SMILES string of the molecule is CN(CC1CCCN1)C(=O)c1csc(I)c1. The summed E-state index contributed by atoms with van der Waals surface area (Å²) in [6, 6.07) is 2.43. The summed E-state index contributed by atoms with van der Waals surface area (Å²) in [5, 5.41) is 5.34. The van der Waals surface area contributed by atoms with Crippen molar-refractivity contribution in [2.24, 2.45) is 0 Å². The maximum atomic E-state index is 12.0. The molecule has 1 aromatic rings. The van der Waals surface area contributed by atoms with Crippen LogP contribution in [0.5, 0.6) is 0 Å². The fraction of sp³-hybridized carbons (Fsp3) is 0.545. The van der Waals surface area contributed by atoms with Gasteiger partial charge in [0, 0.05) is 25.0 Å². The van der Waals surface area contributed by atoms with Gasteiger partial charge in [-0.15, -0.1) is 11.3 Å². The van der Waals surface area contributed by atoms with Gasteiger partial charge in [0.1, 0.15) is 0 Å². The first-order chi connectivity index (χ1) is 7.66. The lowest BCUT2D eigenvalue weighted by Crippen LogP contribution is -2.38. The van der Waals surface area contributed by atoms with Crippen LogP contribution < -0.4 is 5.32 Å². The lowest BCUT2D eigenvalue weighted by Gasteiger charge is -2.20. The van der Waals surface area contributed by atoms with E-state index in [1.165, 1.54) is 12.8 Å². The molecule has 3 nitrogen and oxygen atoms in total. The second-order valence-electron chi connectivity index (χ2n) is 4.12. The summed E-state index contributed by atoms with van der Waals surface area (Å²) in [7, 11) is 1.88. The number of carbonyl (C=O) groups is 1. The maximum absolute atomic E-state index is 12.0. The van der Waals surface area contributed by atoms with Gasteiger partial charge >= 0.3 is 0 Å². The van der Waals surface area contributed by atoms with Gasteiger partial charge in [-0.1, -0.05) is 0 Å². The van der Waals surface area contributed by atoms with Crippen molar-refractivity contribution in [1.82, 2.24) is 10.2 Å². The number of amides is 1. The van der Waals surface area contributed by atoms with Gasteiger partial charge in [-0.2, -0.15) is 0 Å². The molecule has 1 unspecified atom stereocenters. The van der Waals surface area contributed by atoms with Crippen molar-refractivity contribution in [3.8, 4) is 0 Å². The molecule has 0 bridgehead atoms. The molecule has 1 atom stereocenters. The van der Waals surface area contributed by atoms with E-state index in [0.717, 1.165) is 21.5 Å². The lowest BCUT2D eigenvalue weighted by atomic mass is 10.2. The van der Waals surface area contributed by atoms with E-state index in [-0.39, 0.29) is 5.91 Å². The minimum Gasteiger partial charge on any atom is -0.340 e. The standard InChI is InChI=1S/C11H15IN2OS/c1-14(6-9-3-2-4-13-9)11(15)8-5-10(12)16-7-8/h5,7,9,13H,2-4,6H2,1H3. The van der Waals surface area contributed by atoms with Crippen LogP contribution in [0.25, 0.3) is 0 Å². The Morgan fingerprint density at radius 2 is 2.56 bits per heavy atom. The minimum absolute atomic E-state index is 0.132. The third-order valence-electron chi connectivity index (χ3n) is 2.82. The van der Waals surface area contributed by atoms with Crippen molar-refractivity contribution >= 4 is 39.8 Å². The first kappa shape index (κ1) is 12.3. The van der Waals surface area contributed by atoms with E-state index in [9.17, 15) is 4.79 Å². The van der Waals surface area contributed by atoms with Crippen molar-refractivity contribution in [3.05, 3.63) is 19.9 Å². The highest BCUT2D eigenvalue weighted by atomic mass is 127. The molecule has 1 aliphatic rings. The number of nitrogens with zero attached hydrogens (tertiary/aromatic N) is 1. The van der Waals surface area contributed by atoms with Gasteiger partial charge < -0.3 is 10.2 Å². The highest BCUT2D eigenvalue weighted by Gasteiger charge is 2.20. The summed E-state index contributed by atoms with van der Waals surface area (Å²) in [6.07, 6.45) is 2.40. The molecule has 1 aromatic heterocycles. The van der Waals surface area contributed by atoms with Gasteiger partial charge in [-0.05, 0) is 48.0 Å². The Kier molecular flexibility index (Phi) is 4.21. The smallest absolute Gasteiger partial charge is 0.254 e. The largest absolute Gasteiger partial charge is 0.340 e. The molecule has 1 aliphatic heterocycles. The van der Waals surface area contributed by atoms with E-state index < -0.39 is 0 Å². The Bertz CT molecular complexity index is 374. The zero-order valence-corrected chi connectivity index (χ0v) is 12.2. The average Bonchev–Trinajstić information content (AvgIpc) is 2.88. The zero-order chi connectivity index (χ0) is 11.5. The fourth-order valence-corrected chi connectivity index (χ4v) is 3.29. The molecular weight excluding hydrogens is 335 g/mol. The maximum Gasteiger partial charge on any atom is 0.254 e. The molecule has 2 rings (SSSR count). The van der Waals surface area contributed by atoms with E-state index in [1.807, 2.05) is 23.4 Å². The average molecular weight is 350 g/mol. The van der Waals surface area contributed by atoms with E-state index >= 15 is 0 Å². The van der Waals surface area contributed by atoms with Crippen molar-refractivity contribution < 1.29 is 4.79 Å². The molecular formula is C11H15IN2OS. The molecule has 1 amide bonds. The first-order valence-corrected chi connectivity index (χ1v) is 7.35.